The number of hydrogen-bond donors (Lipinski definition) is 1. The normalized spacial score (nSPS) is 11.8. The zero-order valence-electron chi connectivity index (χ0n) is 13.4. The van der Waals surface area contributed by atoms with Gasteiger partial charge in [-0.25, -0.2) is 0 Å². The summed E-state index contributed by atoms with van der Waals surface area (Å²) in [5.41, 5.74) is 0.896. The molecule has 0 saturated carbocycles. The van der Waals surface area contributed by atoms with Gasteiger partial charge in [-0.15, -0.1) is 11.3 Å². The van der Waals surface area contributed by atoms with E-state index >= 15 is 0 Å². The molecule has 0 aliphatic heterocycles. The Bertz CT molecular complexity index is 719. The molecule has 2 rings (SSSR count). The Balaban J connectivity index is 2.03. The highest BCUT2D eigenvalue weighted by Crippen LogP contribution is 2.25. The summed E-state index contributed by atoms with van der Waals surface area (Å²) >= 11 is 13.4. The molecular formula is C17H18Cl2N2O2S. The summed E-state index contributed by atoms with van der Waals surface area (Å²) in [7, 11) is 1.73. The van der Waals surface area contributed by atoms with Crippen LogP contribution in [0.3, 0.4) is 0 Å². The molecule has 24 heavy (non-hydrogen) atoms. The first-order valence-corrected chi connectivity index (χ1v) is 8.98. The molecule has 7 heteroatoms. The average molecular weight is 385 g/mol. The molecule has 128 valence electrons. The number of carbonyl (C=O) groups is 2. The summed E-state index contributed by atoms with van der Waals surface area (Å²) in [6, 6.07) is 8.80. The highest BCUT2D eigenvalue weighted by molar-refractivity contribution is 7.10. The molecule has 1 unspecified atom stereocenters. The number of hydrogen-bond acceptors (Lipinski definition) is 3. The molecule has 0 saturated heterocycles. The predicted molar refractivity (Wildman–Crippen MR) is 98.4 cm³/mol. The van der Waals surface area contributed by atoms with Crippen molar-refractivity contribution in [3.05, 3.63) is 56.2 Å². The molecule has 1 heterocycles. The van der Waals surface area contributed by atoms with Crippen molar-refractivity contribution in [3.63, 3.8) is 0 Å². The molecule has 1 aromatic heterocycles. The van der Waals surface area contributed by atoms with E-state index in [2.05, 4.69) is 5.32 Å². The van der Waals surface area contributed by atoms with E-state index in [1.54, 1.807) is 24.1 Å². The number of rotatable bonds is 6. The van der Waals surface area contributed by atoms with Crippen LogP contribution in [0.4, 0.5) is 0 Å². The maximum atomic E-state index is 12.5. The summed E-state index contributed by atoms with van der Waals surface area (Å²) in [6.07, 6.45) is 0.206. The van der Waals surface area contributed by atoms with E-state index in [0.717, 1.165) is 10.4 Å². The fourth-order valence-corrected chi connectivity index (χ4v) is 3.39. The Labute approximate surface area is 155 Å². The monoisotopic (exact) mass is 384 g/mol. The Kier molecular flexibility index (Phi) is 6.66. The van der Waals surface area contributed by atoms with Gasteiger partial charge in [-0.3, -0.25) is 9.59 Å². The molecule has 2 amide bonds. The highest BCUT2D eigenvalue weighted by atomic mass is 35.5. The molecule has 0 aliphatic carbocycles. The van der Waals surface area contributed by atoms with E-state index < -0.39 is 0 Å². The van der Waals surface area contributed by atoms with Crippen molar-refractivity contribution in [2.24, 2.45) is 0 Å². The first-order chi connectivity index (χ1) is 11.4. The van der Waals surface area contributed by atoms with Gasteiger partial charge in [-0.1, -0.05) is 35.3 Å². The Morgan fingerprint density at radius 3 is 2.58 bits per heavy atom. The van der Waals surface area contributed by atoms with E-state index in [9.17, 15) is 9.59 Å². The molecule has 0 bridgehead atoms. The molecule has 1 N–H and O–H groups in total. The minimum atomic E-state index is -0.314. The lowest BCUT2D eigenvalue weighted by Crippen LogP contribution is -2.33. The maximum absolute atomic E-state index is 12.5. The van der Waals surface area contributed by atoms with E-state index in [4.69, 9.17) is 23.2 Å². The zero-order valence-corrected chi connectivity index (χ0v) is 15.7. The largest absolute Gasteiger partial charge is 0.348 e. The van der Waals surface area contributed by atoms with Crippen LogP contribution < -0.4 is 5.32 Å². The topological polar surface area (TPSA) is 49.4 Å². The van der Waals surface area contributed by atoms with Gasteiger partial charge in [0, 0.05) is 25.4 Å². The van der Waals surface area contributed by atoms with Crippen LogP contribution in [0.1, 0.15) is 29.8 Å². The van der Waals surface area contributed by atoms with Crippen LogP contribution in [0.2, 0.25) is 10.0 Å². The van der Waals surface area contributed by atoms with Crippen LogP contribution in [0.25, 0.3) is 0 Å². The molecule has 4 nitrogen and oxygen atoms in total. The van der Waals surface area contributed by atoms with Crippen molar-refractivity contribution in [2.45, 2.75) is 25.9 Å². The summed E-state index contributed by atoms with van der Waals surface area (Å²) < 4.78 is 0. The van der Waals surface area contributed by atoms with Crippen molar-refractivity contribution in [3.8, 4) is 0 Å². The fourth-order valence-electron chi connectivity index (χ4n) is 2.29. The molecule has 1 atom stereocenters. The maximum Gasteiger partial charge on any atom is 0.225 e. The smallest absolute Gasteiger partial charge is 0.225 e. The van der Waals surface area contributed by atoms with Gasteiger partial charge in [0.05, 0.1) is 22.5 Å². The lowest BCUT2D eigenvalue weighted by atomic mass is 10.1. The van der Waals surface area contributed by atoms with Gasteiger partial charge in [0.25, 0.3) is 0 Å². The van der Waals surface area contributed by atoms with E-state index in [-0.39, 0.29) is 24.3 Å². The molecule has 1 aromatic carbocycles. The SMILES string of the molecule is CC(=O)NC(CC(=O)N(C)Cc1ccc(Cl)c(Cl)c1)c1cccs1. The molecule has 0 spiro atoms. The third-order valence-electron chi connectivity index (χ3n) is 3.47. The first kappa shape index (κ1) is 18.8. The Morgan fingerprint density at radius 1 is 1.25 bits per heavy atom. The minimum Gasteiger partial charge on any atom is -0.348 e. The highest BCUT2D eigenvalue weighted by Gasteiger charge is 2.20. The second-order valence-corrected chi connectivity index (χ2v) is 7.26. The van der Waals surface area contributed by atoms with Crippen molar-refractivity contribution in [1.82, 2.24) is 10.2 Å². The summed E-state index contributed by atoms with van der Waals surface area (Å²) in [4.78, 5) is 26.5. The minimum absolute atomic E-state index is 0.0618. The lowest BCUT2D eigenvalue weighted by molar-refractivity contribution is -0.131. The van der Waals surface area contributed by atoms with Crippen LogP contribution in [0.5, 0.6) is 0 Å². The third kappa shape index (κ3) is 5.23. The van der Waals surface area contributed by atoms with Crippen LogP contribution in [-0.4, -0.2) is 23.8 Å². The Hall–Kier alpha value is -1.56. The zero-order chi connectivity index (χ0) is 17.7. The van der Waals surface area contributed by atoms with Gasteiger partial charge in [0.1, 0.15) is 0 Å². The second-order valence-electron chi connectivity index (χ2n) is 5.47. The van der Waals surface area contributed by atoms with Crippen LogP contribution in [0, 0.1) is 0 Å². The number of halogens is 2. The number of thiophene rings is 1. The van der Waals surface area contributed by atoms with Crippen molar-refractivity contribution in [2.75, 3.05) is 7.05 Å². The van der Waals surface area contributed by atoms with E-state index in [1.807, 2.05) is 23.6 Å². The number of carbonyl (C=O) groups excluding carboxylic acids is 2. The molecule has 0 fully saturated rings. The number of benzene rings is 1. The predicted octanol–water partition coefficient (Wildman–Crippen LogP) is 4.28. The quantitative estimate of drug-likeness (QED) is 0.807. The molecule has 0 aliphatic rings. The summed E-state index contributed by atoms with van der Waals surface area (Å²) in [5.74, 6) is -0.221. The van der Waals surface area contributed by atoms with Crippen LogP contribution >= 0.6 is 34.5 Å². The summed E-state index contributed by atoms with van der Waals surface area (Å²) in [5, 5.41) is 5.71. The van der Waals surface area contributed by atoms with Gasteiger partial charge in [0.2, 0.25) is 11.8 Å². The number of amides is 2. The van der Waals surface area contributed by atoms with Crippen molar-refractivity contribution >= 4 is 46.4 Å². The average Bonchev–Trinajstić information content (AvgIpc) is 3.04. The Morgan fingerprint density at radius 2 is 2.00 bits per heavy atom. The molecular weight excluding hydrogens is 367 g/mol. The molecule has 2 aromatic rings. The van der Waals surface area contributed by atoms with Crippen LogP contribution in [0.15, 0.2) is 35.7 Å². The second kappa shape index (κ2) is 8.51. The lowest BCUT2D eigenvalue weighted by Gasteiger charge is -2.22. The van der Waals surface area contributed by atoms with Gasteiger partial charge in [0.15, 0.2) is 0 Å². The van der Waals surface area contributed by atoms with Gasteiger partial charge >= 0.3 is 0 Å². The fraction of sp³-hybridized carbons (Fsp3) is 0.294. The van der Waals surface area contributed by atoms with Gasteiger partial charge in [-0.2, -0.15) is 0 Å². The standard InChI is InChI=1S/C17H18Cl2N2O2S/c1-11(22)20-15(16-4-3-7-24-16)9-17(23)21(2)10-12-5-6-13(18)14(19)8-12/h3-8,15H,9-10H2,1-2H3,(H,20,22). The van der Waals surface area contributed by atoms with E-state index in [0.29, 0.717) is 16.6 Å². The third-order valence-corrected chi connectivity index (χ3v) is 5.20. The van der Waals surface area contributed by atoms with Crippen molar-refractivity contribution in [1.29, 1.82) is 0 Å². The van der Waals surface area contributed by atoms with E-state index in [1.165, 1.54) is 18.3 Å². The number of nitrogens with one attached hydrogen (secondary N) is 1. The van der Waals surface area contributed by atoms with Crippen LogP contribution in [-0.2, 0) is 16.1 Å². The molecule has 0 radical (unpaired) electrons. The number of nitrogens with zero attached hydrogens (tertiary/aromatic N) is 1. The van der Waals surface area contributed by atoms with Gasteiger partial charge < -0.3 is 10.2 Å². The summed E-state index contributed by atoms with van der Waals surface area (Å²) in [6.45, 7) is 1.87. The van der Waals surface area contributed by atoms with Crippen molar-refractivity contribution < 1.29 is 9.59 Å². The van der Waals surface area contributed by atoms with Gasteiger partial charge in [-0.05, 0) is 29.1 Å². The first-order valence-electron chi connectivity index (χ1n) is 7.35.